The first-order valence-corrected chi connectivity index (χ1v) is 18.7. The summed E-state index contributed by atoms with van der Waals surface area (Å²) in [7, 11) is 0. The highest BCUT2D eigenvalue weighted by atomic mass is 16.6. The summed E-state index contributed by atoms with van der Waals surface area (Å²) in [5.74, 6) is 3.52. The summed E-state index contributed by atoms with van der Waals surface area (Å²) in [6, 6.07) is 59.3. The molecule has 0 spiro atoms. The fourth-order valence-electron chi connectivity index (χ4n) is 8.62. The molecule has 2 aliphatic rings. The summed E-state index contributed by atoms with van der Waals surface area (Å²) in [5.41, 5.74) is 11.2. The second-order valence-corrected chi connectivity index (χ2v) is 14.9. The van der Waals surface area contributed by atoms with E-state index in [9.17, 15) is 0 Å². The smallest absolute Gasteiger partial charge is 0.178 e. The van der Waals surface area contributed by atoms with Gasteiger partial charge in [0.15, 0.2) is 28.8 Å². The highest BCUT2D eigenvalue weighted by Gasteiger charge is 2.40. The first-order chi connectivity index (χ1) is 27.0. The quantitative estimate of drug-likeness (QED) is 0.171. The van der Waals surface area contributed by atoms with Gasteiger partial charge in [-0.2, -0.15) is 0 Å². The Labute approximate surface area is 319 Å². The Morgan fingerprint density at radius 1 is 0.418 bits per heavy atom. The van der Waals surface area contributed by atoms with E-state index in [1.165, 1.54) is 32.8 Å². The summed E-state index contributed by atoms with van der Waals surface area (Å²) >= 11 is 0. The standard InChI is InChI=1S/C51H34N2O2/c1-51(2)41-21-11-10-19-40(41)47-42(51)27-28-46-49(47)55-48-39(20-12-22-45(48)54-46)37-17-8-9-18-38(37)44-30-43(32-14-4-3-5-15-32)52-50(53-44)34-25-26-36-33(29-34)24-23-31-13-6-7-16-35(31)36/h3-30H,1-2H3. The summed E-state index contributed by atoms with van der Waals surface area (Å²) < 4.78 is 13.7. The maximum atomic E-state index is 7.05. The van der Waals surface area contributed by atoms with Crippen LogP contribution in [-0.2, 0) is 5.41 Å². The first-order valence-electron chi connectivity index (χ1n) is 18.7. The van der Waals surface area contributed by atoms with Crippen molar-refractivity contribution in [2.75, 3.05) is 0 Å². The molecule has 0 radical (unpaired) electrons. The van der Waals surface area contributed by atoms with Crippen molar-refractivity contribution in [3.05, 3.63) is 181 Å². The molecule has 1 aliphatic carbocycles. The molecular weight excluding hydrogens is 673 g/mol. The van der Waals surface area contributed by atoms with Crippen LogP contribution in [0.1, 0.15) is 25.0 Å². The number of benzene rings is 8. The van der Waals surface area contributed by atoms with Gasteiger partial charge in [-0.15, -0.1) is 0 Å². The lowest BCUT2D eigenvalue weighted by molar-refractivity contribution is 0.361. The number of rotatable bonds is 4. The highest BCUT2D eigenvalue weighted by Crippen LogP contribution is 2.59. The van der Waals surface area contributed by atoms with E-state index < -0.39 is 0 Å². The number of ether oxygens (including phenoxy) is 2. The molecule has 0 unspecified atom stereocenters. The minimum Gasteiger partial charge on any atom is -0.449 e. The second kappa shape index (κ2) is 12.0. The van der Waals surface area contributed by atoms with Gasteiger partial charge in [0, 0.05) is 33.2 Å². The molecular formula is C51H34N2O2. The van der Waals surface area contributed by atoms with Crippen molar-refractivity contribution in [2.45, 2.75) is 19.3 Å². The van der Waals surface area contributed by atoms with Crippen molar-refractivity contribution < 1.29 is 9.47 Å². The number of hydrogen-bond donors (Lipinski definition) is 0. The highest BCUT2D eigenvalue weighted by molar-refractivity contribution is 6.08. The molecule has 0 saturated heterocycles. The summed E-state index contributed by atoms with van der Waals surface area (Å²) in [4.78, 5) is 10.5. The van der Waals surface area contributed by atoms with Gasteiger partial charge in [-0.3, -0.25) is 0 Å². The predicted octanol–water partition coefficient (Wildman–Crippen LogP) is 13.7. The summed E-state index contributed by atoms with van der Waals surface area (Å²) in [6.07, 6.45) is 0. The van der Waals surface area contributed by atoms with Gasteiger partial charge in [-0.25, -0.2) is 9.97 Å². The summed E-state index contributed by atoms with van der Waals surface area (Å²) in [5, 5.41) is 4.82. The monoisotopic (exact) mass is 706 g/mol. The fraction of sp³-hybridized carbons (Fsp3) is 0.0588. The van der Waals surface area contributed by atoms with E-state index >= 15 is 0 Å². The van der Waals surface area contributed by atoms with Crippen molar-refractivity contribution in [3.63, 3.8) is 0 Å². The van der Waals surface area contributed by atoms with Crippen LogP contribution in [0.2, 0.25) is 0 Å². The normalized spacial score (nSPS) is 13.3. The number of hydrogen-bond acceptors (Lipinski definition) is 4. The molecule has 9 aromatic rings. The summed E-state index contributed by atoms with van der Waals surface area (Å²) in [6.45, 7) is 4.56. The molecule has 0 saturated carbocycles. The van der Waals surface area contributed by atoms with Gasteiger partial charge >= 0.3 is 0 Å². The lowest BCUT2D eigenvalue weighted by atomic mass is 9.82. The van der Waals surface area contributed by atoms with Gasteiger partial charge < -0.3 is 9.47 Å². The minimum atomic E-state index is -0.156. The van der Waals surface area contributed by atoms with Gasteiger partial charge in [-0.1, -0.05) is 159 Å². The predicted molar refractivity (Wildman–Crippen MR) is 223 cm³/mol. The van der Waals surface area contributed by atoms with E-state index in [1.54, 1.807) is 0 Å². The lowest BCUT2D eigenvalue weighted by Gasteiger charge is -2.27. The third-order valence-corrected chi connectivity index (χ3v) is 11.4. The Hall–Kier alpha value is -7.04. The first kappa shape index (κ1) is 31.5. The lowest BCUT2D eigenvalue weighted by Crippen LogP contribution is -2.15. The Morgan fingerprint density at radius 2 is 1.11 bits per heavy atom. The van der Waals surface area contributed by atoms with Gasteiger partial charge in [0.05, 0.1) is 11.4 Å². The van der Waals surface area contributed by atoms with Gasteiger partial charge in [-0.05, 0) is 68.1 Å². The number of aromatic nitrogens is 2. The topological polar surface area (TPSA) is 44.2 Å². The molecule has 0 atom stereocenters. The van der Waals surface area contributed by atoms with Crippen LogP contribution in [0.5, 0.6) is 23.0 Å². The average molecular weight is 707 g/mol. The molecule has 1 aliphatic heterocycles. The zero-order chi connectivity index (χ0) is 36.7. The number of nitrogens with zero attached hydrogens (tertiary/aromatic N) is 2. The van der Waals surface area contributed by atoms with Crippen molar-refractivity contribution in [3.8, 4) is 79.2 Å². The zero-order valence-corrected chi connectivity index (χ0v) is 30.4. The third kappa shape index (κ3) is 4.92. The molecule has 0 fully saturated rings. The van der Waals surface area contributed by atoms with E-state index in [-0.39, 0.29) is 5.41 Å². The van der Waals surface area contributed by atoms with Crippen molar-refractivity contribution in [2.24, 2.45) is 0 Å². The van der Waals surface area contributed by atoms with E-state index in [1.807, 2.05) is 36.4 Å². The Morgan fingerprint density at radius 3 is 2.00 bits per heavy atom. The molecule has 0 bridgehead atoms. The maximum Gasteiger partial charge on any atom is 0.178 e. The van der Waals surface area contributed by atoms with Crippen LogP contribution in [0, 0.1) is 0 Å². The average Bonchev–Trinajstić information content (AvgIpc) is 3.48. The van der Waals surface area contributed by atoms with E-state index in [0.29, 0.717) is 17.3 Å². The molecule has 8 aromatic carbocycles. The SMILES string of the molecule is CC1(C)c2ccccc2-c2c1ccc1c2Oc2c(cccc2-c2ccccc2-c2cc(-c3ccccc3)nc(-c3ccc4c(ccc5ccccc54)c3)n2)O1. The molecule has 1 aromatic heterocycles. The molecule has 0 amide bonds. The molecule has 4 nitrogen and oxygen atoms in total. The van der Waals surface area contributed by atoms with Crippen LogP contribution < -0.4 is 9.47 Å². The molecule has 55 heavy (non-hydrogen) atoms. The van der Waals surface area contributed by atoms with Crippen molar-refractivity contribution in [1.82, 2.24) is 9.97 Å². The van der Waals surface area contributed by atoms with Crippen LogP contribution in [0.25, 0.3) is 77.7 Å². The van der Waals surface area contributed by atoms with Crippen molar-refractivity contribution >= 4 is 21.5 Å². The fourth-order valence-corrected chi connectivity index (χ4v) is 8.62. The van der Waals surface area contributed by atoms with Gasteiger partial charge in [0.25, 0.3) is 0 Å². The van der Waals surface area contributed by atoms with Crippen LogP contribution in [-0.4, -0.2) is 9.97 Å². The Kier molecular flexibility index (Phi) is 6.86. The van der Waals surface area contributed by atoms with E-state index in [4.69, 9.17) is 19.4 Å². The van der Waals surface area contributed by atoms with Crippen LogP contribution in [0.4, 0.5) is 0 Å². The molecule has 0 N–H and O–H groups in total. The zero-order valence-electron chi connectivity index (χ0n) is 30.4. The van der Waals surface area contributed by atoms with Crippen LogP contribution >= 0.6 is 0 Å². The second-order valence-electron chi connectivity index (χ2n) is 14.9. The number of para-hydroxylation sites is 1. The molecule has 11 rings (SSSR count). The van der Waals surface area contributed by atoms with Crippen LogP contribution in [0.15, 0.2) is 170 Å². The van der Waals surface area contributed by atoms with Gasteiger partial charge in [0.2, 0.25) is 0 Å². The van der Waals surface area contributed by atoms with Gasteiger partial charge in [0.1, 0.15) is 0 Å². The molecule has 4 heteroatoms. The van der Waals surface area contributed by atoms with E-state index in [2.05, 4.69) is 147 Å². The van der Waals surface area contributed by atoms with Crippen LogP contribution in [0.3, 0.4) is 0 Å². The Bertz CT molecular complexity index is 3020. The minimum absolute atomic E-state index is 0.156. The van der Waals surface area contributed by atoms with Crippen molar-refractivity contribution in [1.29, 1.82) is 0 Å². The molecule has 2 heterocycles. The maximum absolute atomic E-state index is 7.05. The third-order valence-electron chi connectivity index (χ3n) is 11.4. The van der Waals surface area contributed by atoms with E-state index in [0.717, 1.165) is 61.7 Å². The molecule has 260 valence electrons. The Balaban J connectivity index is 1.07. The largest absolute Gasteiger partial charge is 0.449 e. The number of fused-ring (bicyclic) bond motifs is 9.